The Kier molecular flexibility index (Phi) is 5.27. The Morgan fingerprint density at radius 3 is 2.88 bits per heavy atom. The smallest absolute Gasteiger partial charge is 0.239 e. The first-order chi connectivity index (χ1) is 12.2. The summed E-state index contributed by atoms with van der Waals surface area (Å²) < 4.78 is 10.4. The number of nitrogens with one attached hydrogen (secondary N) is 1. The lowest BCUT2D eigenvalue weighted by atomic mass is 10.2. The zero-order valence-corrected chi connectivity index (χ0v) is 14.0. The highest BCUT2D eigenvalue weighted by atomic mass is 16.5. The van der Waals surface area contributed by atoms with Crippen molar-refractivity contribution in [2.24, 2.45) is 0 Å². The normalized spacial score (nSPS) is 14.3. The maximum absolute atomic E-state index is 12.1. The number of ether oxygens (including phenoxy) is 1. The molecule has 0 unspecified atom stereocenters. The molecule has 1 saturated heterocycles. The molecule has 0 spiro atoms. The molecule has 0 bridgehead atoms. The monoisotopic (exact) mass is 344 g/mol. The molecule has 0 saturated carbocycles. The number of hydrogen-bond donors (Lipinski definition) is 1. The predicted octanol–water partition coefficient (Wildman–Crippen LogP) is 1.03. The molecule has 1 aliphatic rings. The van der Waals surface area contributed by atoms with Crippen LogP contribution in [0.15, 0.2) is 28.8 Å². The molecular formula is C17H20N4O4. The minimum absolute atomic E-state index is 0.0234. The summed E-state index contributed by atoms with van der Waals surface area (Å²) in [5, 5.41) is 6.66. The topological polar surface area (TPSA) is 97.6 Å². The Hall–Kier alpha value is -2.90. The minimum atomic E-state index is -0.111. The van der Waals surface area contributed by atoms with Gasteiger partial charge >= 0.3 is 0 Å². The second-order valence-electron chi connectivity index (χ2n) is 5.76. The number of carbonyl (C=O) groups excluding carboxylic acids is 2. The van der Waals surface area contributed by atoms with Crippen LogP contribution in [0.1, 0.15) is 18.7 Å². The highest BCUT2D eigenvalue weighted by molar-refractivity contribution is 5.85. The average Bonchev–Trinajstić information content (AvgIpc) is 3.10. The Labute approximate surface area is 145 Å². The summed E-state index contributed by atoms with van der Waals surface area (Å²) in [5.74, 6) is 1.63. The van der Waals surface area contributed by atoms with Crippen molar-refractivity contribution in [3.05, 3.63) is 30.2 Å². The average molecular weight is 344 g/mol. The van der Waals surface area contributed by atoms with Crippen LogP contribution < -0.4 is 10.1 Å². The van der Waals surface area contributed by atoms with E-state index in [0.717, 1.165) is 11.3 Å². The Balaban J connectivity index is 1.49. The van der Waals surface area contributed by atoms with Crippen LogP contribution in [0, 0.1) is 0 Å². The number of amides is 2. The molecule has 0 aliphatic carbocycles. The van der Waals surface area contributed by atoms with Gasteiger partial charge in [-0.2, -0.15) is 4.98 Å². The Bertz CT molecular complexity index is 741. The summed E-state index contributed by atoms with van der Waals surface area (Å²) in [7, 11) is 1.61. The van der Waals surface area contributed by atoms with E-state index in [1.807, 2.05) is 24.3 Å². The molecule has 2 amide bonds. The first-order valence-corrected chi connectivity index (χ1v) is 8.17. The SMILES string of the molecule is COc1ccc(-c2noc(CCCC(=O)N3CCNC(=O)C3)n2)cc1. The lowest BCUT2D eigenvalue weighted by Gasteiger charge is -2.26. The molecule has 1 aliphatic heterocycles. The van der Waals surface area contributed by atoms with Gasteiger partial charge in [-0.1, -0.05) is 5.16 Å². The Morgan fingerprint density at radius 1 is 1.36 bits per heavy atom. The molecule has 1 fully saturated rings. The lowest BCUT2D eigenvalue weighted by molar-refractivity contribution is -0.138. The Morgan fingerprint density at radius 2 is 2.16 bits per heavy atom. The fraction of sp³-hybridized carbons (Fsp3) is 0.412. The quantitative estimate of drug-likeness (QED) is 0.840. The zero-order chi connectivity index (χ0) is 17.6. The number of carbonyl (C=O) groups is 2. The lowest BCUT2D eigenvalue weighted by Crippen LogP contribution is -2.49. The number of nitrogens with zero attached hydrogens (tertiary/aromatic N) is 3. The summed E-state index contributed by atoms with van der Waals surface area (Å²) in [6, 6.07) is 7.38. The van der Waals surface area contributed by atoms with E-state index in [1.54, 1.807) is 12.0 Å². The summed E-state index contributed by atoms with van der Waals surface area (Å²) in [4.78, 5) is 29.3. The molecule has 132 valence electrons. The molecule has 2 aromatic rings. The molecule has 25 heavy (non-hydrogen) atoms. The summed E-state index contributed by atoms with van der Waals surface area (Å²) in [6.45, 7) is 1.22. The zero-order valence-electron chi connectivity index (χ0n) is 14.0. The van der Waals surface area contributed by atoms with Crippen molar-refractivity contribution >= 4 is 11.8 Å². The van der Waals surface area contributed by atoms with Crippen molar-refractivity contribution in [1.29, 1.82) is 0 Å². The highest BCUT2D eigenvalue weighted by Crippen LogP contribution is 2.20. The van der Waals surface area contributed by atoms with E-state index in [9.17, 15) is 9.59 Å². The molecule has 0 radical (unpaired) electrons. The number of aromatic nitrogens is 2. The van der Waals surface area contributed by atoms with E-state index in [-0.39, 0.29) is 18.4 Å². The third kappa shape index (κ3) is 4.34. The molecule has 1 aromatic heterocycles. The number of benzene rings is 1. The third-order valence-electron chi connectivity index (χ3n) is 3.99. The summed E-state index contributed by atoms with van der Waals surface area (Å²) in [5.41, 5.74) is 0.839. The van der Waals surface area contributed by atoms with E-state index in [1.165, 1.54) is 0 Å². The predicted molar refractivity (Wildman–Crippen MR) is 88.8 cm³/mol. The molecule has 1 N–H and O–H groups in total. The van der Waals surface area contributed by atoms with Gasteiger partial charge in [-0.3, -0.25) is 9.59 Å². The number of methoxy groups -OCH3 is 1. The van der Waals surface area contributed by atoms with Gasteiger partial charge in [0.25, 0.3) is 0 Å². The number of piperazine rings is 1. The first-order valence-electron chi connectivity index (χ1n) is 8.17. The maximum Gasteiger partial charge on any atom is 0.239 e. The van der Waals surface area contributed by atoms with Crippen LogP contribution in [-0.2, 0) is 16.0 Å². The van der Waals surface area contributed by atoms with E-state index in [2.05, 4.69) is 15.5 Å². The number of rotatable bonds is 6. The minimum Gasteiger partial charge on any atom is -0.497 e. The van der Waals surface area contributed by atoms with E-state index >= 15 is 0 Å². The van der Waals surface area contributed by atoms with Crippen molar-refractivity contribution in [3.8, 4) is 17.1 Å². The maximum atomic E-state index is 12.1. The van der Waals surface area contributed by atoms with E-state index in [4.69, 9.17) is 9.26 Å². The summed E-state index contributed by atoms with van der Waals surface area (Å²) in [6.07, 6.45) is 1.48. The number of aryl methyl sites for hydroxylation is 1. The largest absolute Gasteiger partial charge is 0.497 e. The van der Waals surface area contributed by atoms with Crippen molar-refractivity contribution in [3.63, 3.8) is 0 Å². The molecule has 1 aromatic carbocycles. The van der Waals surface area contributed by atoms with E-state index in [0.29, 0.717) is 44.1 Å². The van der Waals surface area contributed by atoms with Crippen molar-refractivity contribution in [2.75, 3.05) is 26.7 Å². The van der Waals surface area contributed by atoms with Gasteiger partial charge in [0.1, 0.15) is 5.75 Å². The first kappa shape index (κ1) is 16.9. The van der Waals surface area contributed by atoms with Crippen molar-refractivity contribution in [2.45, 2.75) is 19.3 Å². The van der Waals surface area contributed by atoms with Gasteiger partial charge in [0.2, 0.25) is 23.5 Å². The fourth-order valence-electron chi connectivity index (χ4n) is 2.61. The van der Waals surface area contributed by atoms with Crippen LogP contribution in [0.3, 0.4) is 0 Å². The molecular weight excluding hydrogens is 324 g/mol. The van der Waals surface area contributed by atoms with Crippen LogP contribution in [0.5, 0.6) is 5.75 Å². The van der Waals surface area contributed by atoms with Gasteiger partial charge in [0.15, 0.2) is 0 Å². The third-order valence-corrected chi connectivity index (χ3v) is 3.99. The van der Waals surface area contributed by atoms with Crippen molar-refractivity contribution < 1.29 is 18.8 Å². The van der Waals surface area contributed by atoms with Gasteiger partial charge in [-0.15, -0.1) is 0 Å². The fourth-order valence-corrected chi connectivity index (χ4v) is 2.61. The van der Waals surface area contributed by atoms with Gasteiger partial charge in [-0.05, 0) is 30.7 Å². The molecule has 0 atom stereocenters. The van der Waals surface area contributed by atoms with Crippen LogP contribution in [-0.4, -0.2) is 53.6 Å². The summed E-state index contributed by atoms with van der Waals surface area (Å²) >= 11 is 0. The standard InChI is InChI=1S/C17H20N4O4/c1-24-13-7-5-12(6-8-13)17-19-15(25-20-17)3-2-4-16(23)21-10-9-18-14(22)11-21/h5-8H,2-4,9-11H2,1H3,(H,18,22). The molecule has 3 rings (SSSR count). The van der Waals surface area contributed by atoms with Crippen molar-refractivity contribution in [1.82, 2.24) is 20.4 Å². The number of hydrogen-bond acceptors (Lipinski definition) is 6. The van der Waals surface area contributed by atoms with Crippen LogP contribution in [0.2, 0.25) is 0 Å². The van der Waals surface area contributed by atoms with Gasteiger partial charge < -0.3 is 19.5 Å². The van der Waals surface area contributed by atoms with Gasteiger partial charge in [0, 0.05) is 31.5 Å². The molecule has 8 nitrogen and oxygen atoms in total. The molecule has 2 heterocycles. The van der Waals surface area contributed by atoms with Gasteiger partial charge in [0.05, 0.1) is 13.7 Å². The van der Waals surface area contributed by atoms with Crippen LogP contribution in [0.4, 0.5) is 0 Å². The second-order valence-corrected chi connectivity index (χ2v) is 5.76. The second kappa shape index (κ2) is 7.78. The molecule has 8 heteroatoms. The van der Waals surface area contributed by atoms with E-state index < -0.39 is 0 Å². The van der Waals surface area contributed by atoms with Gasteiger partial charge in [-0.25, -0.2) is 0 Å². The van der Waals surface area contributed by atoms with Crippen LogP contribution >= 0.6 is 0 Å². The highest BCUT2D eigenvalue weighted by Gasteiger charge is 2.20. The van der Waals surface area contributed by atoms with Crippen LogP contribution in [0.25, 0.3) is 11.4 Å².